The van der Waals surface area contributed by atoms with Crippen LogP contribution in [0.1, 0.15) is 18.1 Å². The van der Waals surface area contributed by atoms with Crippen molar-refractivity contribution in [2.24, 2.45) is 0 Å². The van der Waals surface area contributed by atoms with E-state index in [4.69, 9.17) is 14.2 Å². The maximum atomic E-state index is 12.8. The highest BCUT2D eigenvalue weighted by Gasteiger charge is 2.22. The third kappa shape index (κ3) is 5.64. The van der Waals surface area contributed by atoms with Crippen LogP contribution >= 0.6 is 0 Å². The van der Waals surface area contributed by atoms with Crippen molar-refractivity contribution in [3.63, 3.8) is 0 Å². The number of benzene rings is 2. The Morgan fingerprint density at radius 2 is 1.62 bits per heavy atom. The van der Waals surface area contributed by atoms with E-state index in [1.165, 1.54) is 5.56 Å². The molecule has 1 heterocycles. The van der Waals surface area contributed by atoms with E-state index in [-0.39, 0.29) is 5.91 Å². The van der Waals surface area contributed by atoms with Crippen molar-refractivity contribution in [3.05, 3.63) is 53.6 Å². The molecule has 0 spiro atoms. The summed E-state index contributed by atoms with van der Waals surface area (Å²) in [4.78, 5) is 17.1. The number of amides is 1. The lowest BCUT2D eigenvalue weighted by Gasteiger charge is -2.35. The minimum absolute atomic E-state index is 0.122. The number of hydrogen-bond acceptors (Lipinski definition) is 5. The molecule has 2 aromatic rings. The van der Waals surface area contributed by atoms with Crippen molar-refractivity contribution in [2.45, 2.75) is 19.9 Å². The van der Waals surface area contributed by atoms with Gasteiger partial charge in [-0.25, -0.2) is 0 Å². The Balaban J connectivity index is 1.52. The van der Waals surface area contributed by atoms with E-state index in [0.29, 0.717) is 18.8 Å². The summed E-state index contributed by atoms with van der Waals surface area (Å²) in [5.41, 5.74) is 2.11. The molecule has 156 valence electrons. The monoisotopic (exact) mass is 398 g/mol. The van der Waals surface area contributed by atoms with Crippen LogP contribution in [-0.4, -0.2) is 62.7 Å². The van der Waals surface area contributed by atoms with E-state index in [1.54, 1.807) is 14.2 Å². The minimum Gasteiger partial charge on any atom is -0.497 e. The van der Waals surface area contributed by atoms with E-state index in [2.05, 4.69) is 17.0 Å². The molecule has 6 nitrogen and oxygen atoms in total. The molecule has 1 aliphatic heterocycles. The van der Waals surface area contributed by atoms with Crippen molar-refractivity contribution in [2.75, 3.05) is 47.0 Å². The van der Waals surface area contributed by atoms with Gasteiger partial charge >= 0.3 is 0 Å². The molecule has 2 aromatic carbocycles. The summed E-state index contributed by atoms with van der Waals surface area (Å²) >= 11 is 0. The fourth-order valence-electron chi connectivity index (χ4n) is 3.57. The number of hydrogen-bond donors (Lipinski definition) is 0. The third-order valence-corrected chi connectivity index (χ3v) is 5.19. The van der Waals surface area contributed by atoms with Gasteiger partial charge in [-0.05, 0) is 42.8 Å². The van der Waals surface area contributed by atoms with Crippen LogP contribution in [0.5, 0.6) is 17.2 Å². The SMILES string of the molecule is CCOc1ccc(CN2CCN(C(=O)Cc3cc(OC)ccc3OC)CC2)cc1. The lowest BCUT2D eigenvalue weighted by Crippen LogP contribution is -2.48. The highest BCUT2D eigenvalue weighted by Crippen LogP contribution is 2.25. The Kier molecular flexibility index (Phi) is 7.36. The smallest absolute Gasteiger partial charge is 0.227 e. The zero-order chi connectivity index (χ0) is 20.6. The highest BCUT2D eigenvalue weighted by molar-refractivity contribution is 5.79. The summed E-state index contributed by atoms with van der Waals surface area (Å²) in [5.74, 6) is 2.47. The summed E-state index contributed by atoms with van der Waals surface area (Å²) in [6.07, 6.45) is 0.319. The second kappa shape index (κ2) is 10.2. The van der Waals surface area contributed by atoms with Crippen molar-refractivity contribution < 1.29 is 19.0 Å². The van der Waals surface area contributed by atoms with Crippen LogP contribution in [0, 0.1) is 0 Å². The van der Waals surface area contributed by atoms with Crippen LogP contribution in [0.25, 0.3) is 0 Å². The molecule has 1 aliphatic rings. The fraction of sp³-hybridized carbons (Fsp3) is 0.435. The first-order valence-electron chi connectivity index (χ1n) is 10.1. The number of nitrogens with zero attached hydrogens (tertiary/aromatic N) is 2. The summed E-state index contributed by atoms with van der Waals surface area (Å²) in [7, 11) is 3.24. The van der Waals surface area contributed by atoms with Crippen molar-refractivity contribution in [1.29, 1.82) is 0 Å². The van der Waals surface area contributed by atoms with Crippen molar-refractivity contribution >= 4 is 5.91 Å². The fourth-order valence-corrected chi connectivity index (χ4v) is 3.57. The number of ether oxygens (including phenoxy) is 3. The highest BCUT2D eigenvalue weighted by atomic mass is 16.5. The molecule has 3 rings (SSSR count). The average Bonchev–Trinajstić information content (AvgIpc) is 2.75. The van der Waals surface area contributed by atoms with Gasteiger partial charge in [0.2, 0.25) is 5.91 Å². The maximum Gasteiger partial charge on any atom is 0.227 e. The zero-order valence-corrected chi connectivity index (χ0v) is 17.5. The Hall–Kier alpha value is -2.73. The van der Waals surface area contributed by atoms with Gasteiger partial charge in [0.15, 0.2) is 0 Å². The van der Waals surface area contributed by atoms with Crippen LogP contribution in [0.2, 0.25) is 0 Å². The van der Waals surface area contributed by atoms with Crippen LogP contribution < -0.4 is 14.2 Å². The molecule has 0 N–H and O–H groups in total. The molecule has 29 heavy (non-hydrogen) atoms. The van der Waals surface area contributed by atoms with Crippen LogP contribution in [0.4, 0.5) is 0 Å². The van der Waals surface area contributed by atoms with Gasteiger partial charge in [-0.2, -0.15) is 0 Å². The molecule has 1 saturated heterocycles. The third-order valence-electron chi connectivity index (χ3n) is 5.19. The van der Waals surface area contributed by atoms with Crippen LogP contribution in [0.3, 0.4) is 0 Å². The zero-order valence-electron chi connectivity index (χ0n) is 17.5. The average molecular weight is 399 g/mol. The quantitative estimate of drug-likeness (QED) is 0.684. The van der Waals surface area contributed by atoms with Gasteiger partial charge in [0.25, 0.3) is 0 Å². The largest absolute Gasteiger partial charge is 0.497 e. The molecular weight excluding hydrogens is 368 g/mol. The first-order valence-corrected chi connectivity index (χ1v) is 10.1. The van der Waals surface area contributed by atoms with E-state index >= 15 is 0 Å². The predicted octanol–water partition coefficient (Wildman–Crippen LogP) is 2.99. The van der Waals surface area contributed by atoms with Gasteiger partial charge in [0.1, 0.15) is 17.2 Å². The molecule has 6 heteroatoms. The van der Waals surface area contributed by atoms with Crippen molar-refractivity contribution in [1.82, 2.24) is 9.80 Å². The normalized spacial score (nSPS) is 14.5. The number of rotatable bonds is 8. The Labute approximate surface area is 173 Å². The Morgan fingerprint density at radius 1 is 0.931 bits per heavy atom. The minimum atomic E-state index is 0.122. The lowest BCUT2D eigenvalue weighted by atomic mass is 10.1. The molecule has 0 aromatic heterocycles. The van der Waals surface area contributed by atoms with E-state index in [0.717, 1.165) is 49.8 Å². The first-order chi connectivity index (χ1) is 14.1. The second-order valence-corrected chi connectivity index (χ2v) is 7.09. The molecule has 1 amide bonds. The summed E-state index contributed by atoms with van der Waals surface area (Å²) in [5, 5.41) is 0. The molecule has 0 saturated carbocycles. The Bertz CT molecular complexity index is 799. The molecule has 0 bridgehead atoms. The molecule has 0 atom stereocenters. The molecular formula is C23H30N2O4. The van der Waals surface area contributed by atoms with Gasteiger partial charge < -0.3 is 19.1 Å². The second-order valence-electron chi connectivity index (χ2n) is 7.09. The van der Waals surface area contributed by atoms with Gasteiger partial charge in [-0.1, -0.05) is 12.1 Å². The number of methoxy groups -OCH3 is 2. The first kappa shape index (κ1) is 21.0. The standard InChI is InChI=1S/C23H30N2O4/c1-4-29-20-7-5-18(6-8-20)17-24-11-13-25(14-12-24)23(26)16-19-15-21(27-2)9-10-22(19)28-3/h5-10,15H,4,11-14,16-17H2,1-3H3. The van der Waals surface area contributed by atoms with Gasteiger partial charge in [-0.3, -0.25) is 9.69 Å². The molecule has 0 unspecified atom stereocenters. The van der Waals surface area contributed by atoms with E-state index in [1.807, 2.05) is 42.2 Å². The summed E-state index contributed by atoms with van der Waals surface area (Å²) in [6, 6.07) is 13.8. The topological polar surface area (TPSA) is 51.2 Å². The molecule has 1 fully saturated rings. The van der Waals surface area contributed by atoms with E-state index < -0.39 is 0 Å². The van der Waals surface area contributed by atoms with Gasteiger partial charge in [0.05, 0.1) is 27.2 Å². The van der Waals surface area contributed by atoms with Crippen LogP contribution in [0.15, 0.2) is 42.5 Å². The van der Waals surface area contributed by atoms with Crippen LogP contribution in [-0.2, 0) is 17.8 Å². The number of carbonyl (C=O) groups is 1. The van der Waals surface area contributed by atoms with E-state index in [9.17, 15) is 4.79 Å². The maximum absolute atomic E-state index is 12.8. The summed E-state index contributed by atoms with van der Waals surface area (Å²) in [6.45, 7) is 6.76. The van der Waals surface area contributed by atoms with Crippen molar-refractivity contribution in [3.8, 4) is 17.2 Å². The molecule has 0 aliphatic carbocycles. The van der Waals surface area contributed by atoms with Gasteiger partial charge in [-0.15, -0.1) is 0 Å². The Morgan fingerprint density at radius 3 is 2.24 bits per heavy atom. The summed E-state index contributed by atoms with van der Waals surface area (Å²) < 4.78 is 16.2. The number of piperazine rings is 1. The predicted molar refractivity (Wildman–Crippen MR) is 113 cm³/mol. The van der Waals surface area contributed by atoms with Gasteiger partial charge in [0, 0.05) is 38.3 Å². The number of carbonyl (C=O) groups excluding carboxylic acids is 1. The molecule has 0 radical (unpaired) electrons. The lowest BCUT2D eigenvalue weighted by molar-refractivity contribution is -0.132.